The van der Waals surface area contributed by atoms with Crippen molar-refractivity contribution < 1.29 is 14.3 Å². The van der Waals surface area contributed by atoms with Crippen LogP contribution in [0.2, 0.25) is 0 Å². The van der Waals surface area contributed by atoms with Crippen LogP contribution < -0.4 is 10.1 Å². The third-order valence-corrected chi connectivity index (χ3v) is 3.92. The molecule has 0 unspecified atom stereocenters. The molecule has 3 aromatic rings. The van der Waals surface area contributed by atoms with Gasteiger partial charge in [0.1, 0.15) is 5.75 Å². The number of nitrogens with zero attached hydrogens (tertiary/aromatic N) is 1. The van der Waals surface area contributed by atoms with E-state index in [2.05, 4.69) is 10.3 Å². The van der Waals surface area contributed by atoms with E-state index in [1.54, 1.807) is 19.4 Å². The molecule has 0 spiro atoms. The SMILES string of the molecule is COc1ccc(N[C@@H]2OC(=O)c3ccccc32)c2ncccc12. The Balaban J connectivity index is 1.76. The third-order valence-electron chi connectivity index (χ3n) is 3.92. The van der Waals surface area contributed by atoms with Crippen molar-refractivity contribution in [2.45, 2.75) is 6.23 Å². The molecule has 0 saturated heterocycles. The van der Waals surface area contributed by atoms with Gasteiger partial charge >= 0.3 is 5.97 Å². The van der Waals surface area contributed by atoms with E-state index in [1.807, 2.05) is 42.5 Å². The maximum Gasteiger partial charge on any atom is 0.340 e. The van der Waals surface area contributed by atoms with Crippen molar-refractivity contribution in [3.63, 3.8) is 0 Å². The number of methoxy groups -OCH3 is 1. The minimum absolute atomic E-state index is 0.316. The number of pyridine rings is 1. The van der Waals surface area contributed by atoms with Crippen molar-refractivity contribution >= 4 is 22.6 Å². The molecule has 0 fully saturated rings. The molecule has 1 N–H and O–H groups in total. The molecule has 0 amide bonds. The summed E-state index contributed by atoms with van der Waals surface area (Å²) in [5.74, 6) is 0.436. The van der Waals surface area contributed by atoms with Crippen LogP contribution in [0.5, 0.6) is 5.75 Å². The summed E-state index contributed by atoms with van der Waals surface area (Å²) >= 11 is 0. The van der Waals surface area contributed by atoms with Crippen molar-refractivity contribution in [2.75, 3.05) is 12.4 Å². The normalized spacial score (nSPS) is 16.0. The quantitative estimate of drug-likeness (QED) is 0.750. The summed E-state index contributed by atoms with van der Waals surface area (Å²) < 4.78 is 10.8. The lowest BCUT2D eigenvalue weighted by atomic mass is 10.1. The lowest BCUT2D eigenvalue weighted by Crippen LogP contribution is -2.11. The number of aromatic nitrogens is 1. The number of fused-ring (bicyclic) bond motifs is 2. The van der Waals surface area contributed by atoms with Crippen LogP contribution >= 0.6 is 0 Å². The van der Waals surface area contributed by atoms with E-state index < -0.39 is 6.23 Å². The second kappa shape index (κ2) is 5.28. The van der Waals surface area contributed by atoms with Gasteiger partial charge in [0, 0.05) is 17.1 Å². The van der Waals surface area contributed by atoms with E-state index in [-0.39, 0.29) is 5.97 Å². The monoisotopic (exact) mass is 306 g/mol. The number of esters is 1. The van der Waals surface area contributed by atoms with Crippen LogP contribution in [0.25, 0.3) is 10.9 Å². The van der Waals surface area contributed by atoms with Crippen molar-refractivity contribution in [3.8, 4) is 5.75 Å². The molecule has 5 heteroatoms. The average Bonchev–Trinajstić information content (AvgIpc) is 2.92. The first kappa shape index (κ1) is 13.6. The summed E-state index contributed by atoms with van der Waals surface area (Å²) in [7, 11) is 1.63. The minimum Gasteiger partial charge on any atom is -0.496 e. The van der Waals surface area contributed by atoms with Crippen molar-refractivity contribution in [1.82, 2.24) is 4.98 Å². The molecule has 0 aliphatic carbocycles. The van der Waals surface area contributed by atoms with E-state index in [9.17, 15) is 4.79 Å². The fourth-order valence-corrected chi connectivity index (χ4v) is 2.83. The molecule has 0 saturated carbocycles. The van der Waals surface area contributed by atoms with Crippen molar-refractivity contribution in [1.29, 1.82) is 0 Å². The van der Waals surface area contributed by atoms with Crippen LogP contribution in [-0.4, -0.2) is 18.1 Å². The van der Waals surface area contributed by atoms with Crippen LogP contribution in [0, 0.1) is 0 Å². The second-order valence-corrected chi connectivity index (χ2v) is 5.23. The average molecular weight is 306 g/mol. The Kier molecular flexibility index (Phi) is 3.12. The molecule has 1 aliphatic heterocycles. The maximum absolute atomic E-state index is 11.9. The van der Waals surface area contributed by atoms with Crippen LogP contribution in [0.1, 0.15) is 22.1 Å². The van der Waals surface area contributed by atoms with E-state index in [0.29, 0.717) is 5.56 Å². The summed E-state index contributed by atoms with van der Waals surface area (Å²) in [6.07, 6.45) is 1.21. The number of rotatable bonds is 3. The summed E-state index contributed by atoms with van der Waals surface area (Å²) in [6, 6.07) is 14.9. The molecule has 23 heavy (non-hydrogen) atoms. The largest absolute Gasteiger partial charge is 0.496 e. The molecule has 1 atom stereocenters. The summed E-state index contributed by atoms with van der Waals surface area (Å²) in [5, 5.41) is 4.16. The van der Waals surface area contributed by atoms with Gasteiger partial charge in [-0.3, -0.25) is 4.98 Å². The lowest BCUT2D eigenvalue weighted by Gasteiger charge is -2.16. The Morgan fingerprint density at radius 1 is 1.13 bits per heavy atom. The summed E-state index contributed by atoms with van der Waals surface area (Å²) in [5.41, 5.74) is 2.98. The number of cyclic esters (lactones) is 1. The molecule has 114 valence electrons. The Hall–Kier alpha value is -3.08. The van der Waals surface area contributed by atoms with Crippen molar-refractivity contribution in [2.24, 2.45) is 0 Å². The van der Waals surface area contributed by atoms with Gasteiger partial charge in [-0.15, -0.1) is 0 Å². The van der Waals surface area contributed by atoms with Crippen LogP contribution in [-0.2, 0) is 4.74 Å². The van der Waals surface area contributed by atoms with Crippen molar-refractivity contribution in [3.05, 3.63) is 65.9 Å². The predicted molar refractivity (Wildman–Crippen MR) is 86.5 cm³/mol. The predicted octanol–water partition coefficient (Wildman–Crippen LogP) is 3.52. The number of hydrogen-bond acceptors (Lipinski definition) is 5. The fourth-order valence-electron chi connectivity index (χ4n) is 2.83. The topological polar surface area (TPSA) is 60.5 Å². The molecule has 5 nitrogen and oxygen atoms in total. The van der Waals surface area contributed by atoms with Crippen LogP contribution in [0.4, 0.5) is 5.69 Å². The van der Waals surface area contributed by atoms with Gasteiger partial charge in [0.25, 0.3) is 0 Å². The lowest BCUT2D eigenvalue weighted by molar-refractivity contribution is 0.0437. The number of ether oxygens (including phenoxy) is 2. The first-order chi connectivity index (χ1) is 11.3. The molecular weight excluding hydrogens is 292 g/mol. The summed E-state index contributed by atoms with van der Waals surface area (Å²) in [4.78, 5) is 16.4. The molecule has 1 aliphatic rings. The number of anilines is 1. The van der Waals surface area contributed by atoms with Gasteiger partial charge in [0.2, 0.25) is 6.23 Å². The van der Waals surface area contributed by atoms with Gasteiger partial charge < -0.3 is 14.8 Å². The highest BCUT2D eigenvalue weighted by Crippen LogP contribution is 2.35. The number of hydrogen-bond donors (Lipinski definition) is 1. The molecule has 0 radical (unpaired) electrons. The van der Waals surface area contributed by atoms with Gasteiger partial charge in [-0.2, -0.15) is 0 Å². The first-order valence-electron chi connectivity index (χ1n) is 7.26. The molecular formula is C18H14N2O3. The van der Waals surface area contributed by atoms with Gasteiger partial charge in [-0.1, -0.05) is 18.2 Å². The Bertz CT molecular complexity index is 908. The molecule has 2 heterocycles. The van der Waals surface area contributed by atoms with E-state index in [1.165, 1.54) is 0 Å². The maximum atomic E-state index is 11.9. The molecule has 4 rings (SSSR count). The standard InChI is InChI=1S/C18H14N2O3/c1-22-15-9-8-14(16-13(15)7-4-10-19-16)20-17-11-5-2-3-6-12(11)18(21)23-17/h2-10,17,20H,1H3/t17-/m1/s1. The molecule has 2 aromatic carbocycles. The summed E-state index contributed by atoms with van der Waals surface area (Å²) in [6.45, 7) is 0. The Morgan fingerprint density at radius 3 is 2.87 bits per heavy atom. The zero-order chi connectivity index (χ0) is 15.8. The number of benzene rings is 2. The van der Waals surface area contributed by atoms with E-state index in [4.69, 9.17) is 9.47 Å². The van der Waals surface area contributed by atoms with E-state index in [0.717, 1.165) is 27.9 Å². The number of carbonyl (C=O) groups excluding carboxylic acids is 1. The zero-order valence-electron chi connectivity index (χ0n) is 12.4. The van der Waals surface area contributed by atoms with Gasteiger partial charge in [0.05, 0.1) is 23.9 Å². The highest BCUT2D eigenvalue weighted by atomic mass is 16.6. The smallest absolute Gasteiger partial charge is 0.340 e. The second-order valence-electron chi connectivity index (χ2n) is 5.23. The Labute approximate surface area is 132 Å². The van der Waals surface area contributed by atoms with Crippen LogP contribution in [0.15, 0.2) is 54.7 Å². The highest BCUT2D eigenvalue weighted by molar-refractivity contribution is 5.97. The number of carbonyl (C=O) groups is 1. The number of nitrogens with one attached hydrogen (secondary N) is 1. The first-order valence-corrected chi connectivity index (χ1v) is 7.26. The highest BCUT2D eigenvalue weighted by Gasteiger charge is 2.30. The molecule has 1 aromatic heterocycles. The van der Waals surface area contributed by atoms with Gasteiger partial charge in [-0.25, -0.2) is 4.79 Å². The van der Waals surface area contributed by atoms with Gasteiger partial charge in [-0.05, 0) is 30.3 Å². The van der Waals surface area contributed by atoms with E-state index >= 15 is 0 Å². The fraction of sp³-hybridized carbons (Fsp3) is 0.111. The minimum atomic E-state index is -0.516. The van der Waals surface area contributed by atoms with Gasteiger partial charge in [0.15, 0.2) is 0 Å². The zero-order valence-corrected chi connectivity index (χ0v) is 12.4. The van der Waals surface area contributed by atoms with Crippen LogP contribution in [0.3, 0.4) is 0 Å². The third kappa shape index (κ3) is 2.17. The molecule has 0 bridgehead atoms. The Morgan fingerprint density at radius 2 is 2.00 bits per heavy atom.